The number of fused-ring (bicyclic) bond motifs is 1. The van der Waals surface area contributed by atoms with E-state index in [1.54, 1.807) is 8.61 Å². The van der Waals surface area contributed by atoms with Crippen LogP contribution in [-0.4, -0.2) is 71.7 Å². The van der Waals surface area contributed by atoms with Crippen LogP contribution in [-0.2, 0) is 23.2 Å². The Morgan fingerprint density at radius 3 is 2.44 bits per heavy atom. The summed E-state index contributed by atoms with van der Waals surface area (Å²) in [7, 11) is -1.39. The lowest BCUT2D eigenvalue weighted by atomic mass is 10.2. The average molecular weight is 361 g/mol. The van der Waals surface area contributed by atoms with E-state index in [4.69, 9.17) is 0 Å². The Bertz CT molecular complexity index is 841. The zero-order valence-electron chi connectivity index (χ0n) is 14.4. The molecule has 2 aromatic rings. The Morgan fingerprint density at radius 1 is 1.00 bits per heavy atom. The van der Waals surface area contributed by atoms with Gasteiger partial charge in [0.2, 0.25) is 0 Å². The van der Waals surface area contributed by atoms with Gasteiger partial charge in [-0.2, -0.15) is 17.0 Å². The molecule has 1 saturated heterocycles. The van der Waals surface area contributed by atoms with Crippen LogP contribution in [0.2, 0.25) is 0 Å². The molecule has 134 valence electrons. The van der Waals surface area contributed by atoms with Crippen LogP contribution in [0.4, 0.5) is 0 Å². The van der Waals surface area contributed by atoms with Crippen LogP contribution in [0, 0.1) is 0 Å². The molecule has 0 bridgehead atoms. The molecule has 1 N–H and O–H groups in total. The quantitative estimate of drug-likeness (QED) is 0.883. The summed E-state index contributed by atoms with van der Waals surface area (Å²) >= 11 is 0. The van der Waals surface area contributed by atoms with Crippen molar-refractivity contribution in [1.29, 1.82) is 0 Å². The molecule has 0 saturated carbocycles. The fraction of sp³-hybridized carbons (Fsp3) is 0.471. The number of rotatable bonds is 3. The lowest BCUT2D eigenvalue weighted by molar-refractivity contribution is 0.209. The number of likely N-dealkylation sites (N-methyl/N-ethyl adjacent to an activating group) is 1. The van der Waals surface area contributed by atoms with Gasteiger partial charge in [0.05, 0.1) is 17.9 Å². The predicted octanol–water partition coefficient (Wildman–Crippen LogP) is 0.927. The van der Waals surface area contributed by atoms with Gasteiger partial charge >= 0.3 is 0 Å². The number of piperazine rings is 1. The fourth-order valence-corrected chi connectivity index (χ4v) is 4.95. The number of hydrogen-bond donors (Lipinski definition) is 1. The first-order valence-electron chi connectivity index (χ1n) is 8.61. The van der Waals surface area contributed by atoms with Crippen molar-refractivity contribution in [2.24, 2.45) is 0 Å². The van der Waals surface area contributed by atoms with E-state index in [0.717, 1.165) is 35.9 Å². The van der Waals surface area contributed by atoms with Crippen molar-refractivity contribution < 1.29 is 8.42 Å². The van der Waals surface area contributed by atoms with Crippen LogP contribution >= 0.6 is 0 Å². The molecule has 25 heavy (non-hydrogen) atoms. The summed E-state index contributed by atoms with van der Waals surface area (Å²) in [6, 6.07) is 9.92. The second-order valence-electron chi connectivity index (χ2n) is 6.67. The minimum absolute atomic E-state index is 0.365. The third-order valence-electron chi connectivity index (χ3n) is 4.96. The third kappa shape index (κ3) is 3.22. The number of nitrogens with zero attached hydrogens (tertiary/aromatic N) is 4. The smallest absolute Gasteiger partial charge is 0.282 e. The Hall–Kier alpha value is -1.74. The van der Waals surface area contributed by atoms with Crippen LogP contribution in [0.3, 0.4) is 0 Å². The maximum atomic E-state index is 12.9. The maximum Gasteiger partial charge on any atom is 0.282 e. The third-order valence-corrected chi connectivity index (χ3v) is 6.94. The number of hydrogen-bond acceptors (Lipinski definition) is 4. The molecule has 1 fully saturated rings. The van der Waals surface area contributed by atoms with E-state index in [1.165, 1.54) is 0 Å². The minimum Gasteiger partial charge on any atom is -0.341 e. The highest BCUT2D eigenvalue weighted by Crippen LogP contribution is 2.25. The van der Waals surface area contributed by atoms with E-state index < -0.39 is 10.2 Å². The standard InChI is InChI=1S/C17H23N5O2S/c1-20-9-11-21(12-10-20)25(23,24)22-8-7-15-16(13-22)19-17(18-15)14-5-3-2-4-6-14/h2-6H,7-13H2,1H3,(H,18,19). The predicted molar refractivity (Wildman–Crippen MR) is 96.1 cm³/mol. The van der Waals surface area contributed by atoms with Gasteiger partial charge in [0.25, 0.3) is 10.2 Å². The van der Waals surface area contributed by atoms with Gasteiger partial charge < -0.3 is 9.88 Å². The van der Waals surface area contributed by atoms with Gasteiger partial charge in [-0.25, -0.2) is 4.98 Å². The van der Waals surface area contributed by atoms with Gasteiger partial charge in [0, 0.05) is 44.7 Å². The zero-order chi connectivity index (χ0) is 17.4. The number of aromatic nitrogens is 2. The molecule has 7 nitrogen and oxygen atoms in total. The highest BCUT2D eigenvalue weighted by molar-refractivity contribution is 7.86. The van der Waals surface area contributed by atoms with Crippen molar-refractivity contribution in [3.63, 3.8) is 0 Å². The van der Waals surface area contributed by atoms with Crippen LogP contribution in [0.15, 0.2) is 30.3 Å². The molecule has 1 aromatic carbocycles. The molecule has 0 spiro atoms. The van der Waals surface area contributed by atoms with Gasteiger partial charge in [-0.3, -0.25) is 0 Å². The molecule has 0 radical (unpaired) electrons. The molecule has 2 aliphatic rings. The van der Waals surface area contributed by atoms with Crippen molar-refractivity contribution in [3.05, 3.63) is 41.7 Å². The highest BCUT2D eigenvalue weighted by atomic mass is 32.2. The van der Waals surface area contributed by atoms with E-state index >= 15 is 0 Å². The van der Waals surface area contributed by atoms with Crippen molar-refractivity contribution in [2.45, 2.75) is 13.0 Å². The molecule has 0 atom stereocenters. The summed E-state index contributed by atoms with van der Waals surface area (Å²) in [6.45, 7) is 3.52. The van der Waals surface area contributed by atoms with E-state index in [2.05, 4.69) is 14.9 Å². The molecule has 2 aliphatic heterocycles. The molecule has 0 aliphatic carbocycles. The highest BCUT2D eigenvalue weighted by Gasteiger charge is 2.34. The van der Waals surface area contributed by atoms with Crippen molar-refractivity contribution in [1.82, 2.24) is 23.5 Å². The lowest BCUT2D eigenvalue weighted by Gasteiger charge is -2.36. The lowest BCUT2D eigenvalue weighted by Crippen LogP contribution is -2.52. The Balaban J connectivity index is 1.54. The number of imidazole rings is 1. The van der Waals surface area contributed by atoms with Crippen LogP contribution in [0.1, 0.15) is 11.4 Å². The van der Waals surface area contributed by atoms with Gasteiger partial charge in [-0.1, -0.05) is 30.3 Å². The van der Waals surface area contributed by atoms with Crippen LogP contribution in [0.25, 0.3) is 11.4 Å². The summed E-state index contributed by atoms with van der Waals surface area (Å²) < 4.78 is 29.0. The Morgan fingerprint density at radius 2 is 1.72 bits per heavy atom. The number of H-pyrrole nitrogens is 1. The molecule has 0 unspecified atom stereocenters. The summed E-state index contributed by atoms with van der Waals surface area (Å²) in [4.78, 5) is 10.1. The molecule has 3 heterocycles. The summed E-state index contributed by atoms with van der Waals surface area (Å²) in [5, 5.41) is 0. The fourth-order valence-electron chi connectivity index (χ4n) is 3.38. The zero-order valence-corrected chi connectivity index (χ0v) is 15.2. The molecule has 4 rings (SSSR count). The summed E-state index contributed by atoms with van der Waals surface area (Å²) in [6.07, 6.45) is 0.644. The Kier molecular flexibility index (Phi) is 4.36. The number of benzene rings is 1. The van der Waals surface area contributed by atoms with Gasteiger partial charge in [0.1, 0.15) is 5.82 Å². The first kappa shape index (κ1) is 16.7. The number of aromatic amines is 1. The van der Waals surface area contributed by atoms with E-state index in [1.807, 2.05) is 37.4 Å². The molecule has 0 amide bonds. The minimum atomic E-state index is -3.41. The molecular weight excluding hydrogens is 338 g/mol. The van der Waals surface area contributed by atoms with E-state index in [9.17, 15) is 8.42 Å². The summed E-state index contributed by atoms with van der Waals surface area (Å²) in [5.41, 5.74) is 2.90. The average Bonchev–Trinajstić information content (AvgIpc) is 3.06. The molecule has 1 aromatic heterocycles. The first-order chi connectivity index (χ1) is 12.0. The monoisotopic (exact) mass is 361 g/mol. The van der Waals surface area contributed by atoms with Crippen LogP contribution in [0.5, 0.6) is 0 Å². The topological polar surface area (TPSA) is 72.5 Å². The number of nitrogens with one attached hydrogen (secondary N) is 1. The van der Waals surface area contributed by atoms with Crippen molar-refractivity contribution in [2.75, 3.05) is 39.8 Å². The van der Waals surface area contributed by atoms with Gasteiger partial charge in [0.15, 0.2) is 0 Å². The van der Waals surface area contributed by atoms with Crippen LogP contribution < -0.4 is 0 Å². The van der Waals surface area contributed by atoms with Crippen molar-refractivity contribution >= 4 is 10.2 Å². The normalized spacial score (nSPS) is 20.5. The second kappa shape index (κ2) is 6.53. The second-order valence-corrected chi connectivity index (χ2v) is 8.60. The molecular formula is C17H23N5O2S. The Labute approximate surface area is 148 Å². The van der Waals surface area contributed by atoms with E-state index in [0.29, 0.717) is 32.6 Å². The van der Waals surface area contributed by atoms with Crippen molar-refractivity contribution in [3.8, 4) is 11.4 Å². The summed E-state index contributed by atoms with van der Waals surface area (Å²) in [5.74, 6) is 0.810. The van der Waals surface area contributed by atoms with Gasteiger partial charge in [-0.15, -0.1) is 0 Å². The first-order valence-corrected chi connectivity index (χ1v) is 10.0. The van der Waals surface area contributed by atoms with E-state index in [-0.39, 0.29) is 0 Å². The molecule has 8 heteroatoms. The largest absolute Gasteiger partial charge is 0.341 e. The van der Waals surface area contributed by atoms with Gasteiger partial charge in [-0.05, 0) is 7.05 Å². The SMILES string of the molecule is CN1CCN(S(=O)(=O)N2CCc3nc(-c4ccccc4)[nH]c3C2)CC1. The maximum absolute atomic E-state index is 12.9.